The fourth-order valence-corrected chi connectivity index (χ4v) is 1.03. The van der Waals surface area contributed by atoms with Crippen LogP contribution in [0, 0.1) is 0 Å². The Morgan fingerprint density at radius 2 is 2.08 bits per heavy atom. The summed E-state index contributed by atoms with van der Waals surface area (Å²) < 4.78 is 0. The van der Waals surface area contributed by atoms with Crippen molar-refractivity contribution in [1.29, 1.82) is 0 Å². The Morgan fingerprint density at radius 3 is 2.50 bits per heavy atom. The summed E-state index contributed by atoms with van der Waals surface area (Å²) in [5.41, 5.74) is 6.47. The molecule has 0 unspecified atom stereocenters. The lowest BCUT2D eigenvalue weighted by Crippen LogP contribution is -1.98. The van der Waals surface area contributed by atoms with Gasteiger partial charge in [0.2, 0.25) is 0 Å². The highest BCUT2D eigenvalue weighted by molar-refractivity contribution is 6.31. The molecule has 0 aliphatic heterocycles. The first-order chi connectivity index (χ1) is 5.11. The van der Waals surface area contributed by atoms with Crippen molar-refractivity contribution in [3.8, 4) is 0 Å². The molecule has 1 aromatic rings. The largest absolute Gasteiger partial charge is 0.398 e. The lowest BCUT2D eigenvalue weighted by Gasteiger charge is -2.00. The van der Waals surface area contributed by atoms with E-state index < -0.39 is 0 Å². The molecule has 66 valence electrons. The number of benzene rings is 1. The van der Waals surface area contributed by atoms with Crippen LogP contribution in [0.2, 0.25) is 5.02 Å². The standard InChI is InChI=1S/C8H8ClNO.ClH/c1-5(11)7-3-2-6(9)4-8(7)10;/h2-4H,10H2,1H3;1H. The SMILES string of the molecule is CC(=O)c1ccc(Cl)cc1N.Cl. The molecule has 2 nitrogen and oxygen atoms in total. The Morgan fingerprint density at radius 1 is 1.50 bits per heavy atom. The predicted octanol–water partition coefficient (Wildman–Crippen LogP) is 2.55. The molecule has 0 spiro atoms. The third-order valence-corrected chi connectivity index (χ3v) is 1.63. The van der Waals surface area contributed by atoms with Gasteiger partial charge in [0.1, 0.15) is 0 Å². The van der Waals surface area contributed by atoms with E-state index in [2.05, 4.69) is 0 Å². The molecule has 0 radical (unpaired) electrons. The Labute approximate surface area is 82.1 Å². The van der Waals surface area contributed by atoms with Crippen LogP contribution < -0.4 is 5.73 Å². The van der Waals surface area contributed by atoms with Crippen LogP contribution in [0.5, 0.6) is 0 Å². The van der Waals surface area contributed by atoms with Crippen LogP contribution in [-0.2, 0) is 0 Å². The summed E-state index contributed by atoms with van der Waals surface area (Å²) in [6, 6.07) is 4.84. The molecule has 0 atom stereocenters. The van der Waals surface area contributed by atoms with Crippen LogP contribution in [0.1, 0.15) is 17.3 Å². The van der Waals surface area contributed by atoms with Gasteiger partial charge in [-0.2, -0.15) is 0 Å². The van der Waals surface area contributed by atoms with Crippen molar-refractivity contribution >= 4 is 35.5 Å². The first-order valence-corrected chi connectivity index (χ1v) is 3.55. The van der Waals surface area contributed by atoms with Crippen molar-refractivity contribution < 1.29 is 4.79 Å². The van der Waals surface area contributed by atoms with Gasteiger partial charge in [-0.25, -0.2) is 0 Å². The summed E-state index contributed by atoms with van der Waals surface area (Å²) in [7, 11) is 0. The van der Waals surface area contributed by atoms with Gasteiger partial charge in [-0.1, -0.05) is 11.6 Å². The first kappa shape index (κ1) is 11.3. The van der Waals surface area contributed by atoms with E-state index in [1.54, 1.807) is 18.2 Å². The third kappa shape index (κ3) is 2.40. The highest BCUT2D eigenvalue weighted by Crippen LogP contribution is 2.17. The number of Topliss-reactive ketones (excluding diaryl/α,β-unsaturated/α-hetero) is 1. The molecule has 0 amide bonds. The molecule has 0 heterocycles. The van der Waals surface area contributed by atoms with E-state index in [-0.39, 0.29) is 18.2 Å². The van der Waals surface area contributed by atoms with Gasteiger partial charge in [-0.05, 0) is 25.1 Å². The third-order valence-electron chi connectivity index (χ3n) is 1.39. The van der Waals surface area contributed by atoms with Gasteiger partial charge >= 0.3 is 0 Å². The number of nitrogen functional groups attached to an aromatic ring is 1. The molecule has 0 fully saturated rings. The average Bonchev–Trinajstić information content (AvgIpc) is 1.85. The lowest BCUT2D eigenvalue weighted by atomic mass is 10.1. The smallest absolute Gasteiger partial charge is 0.161 e. The van der Waals surface area contributed by atoms with Gasteiger partial charge in [-0.15, -0.1) is 12.4 Å². The van der Waals surface area contributed by atoms with E-state index in [9.17, 15) is 4.79 Å². The molecule has 0 aromatic heterocycles. The fraction of sp³-hybridized carbons (Fsp3) is 0.125. The predicted molar refractivity (Wildman–Crippen MR) is 53.1 cm³/mol. The normalized spacial score (nSPS) is 8.83. The Hall–Kier alpha value is -0.730. The van der Waals surface area contributed by atoms with Gasteiger partial charge < -0.3 is 5.73 Å². The highest BCUT2D eigenvalue weighted by Gasteiger charge is 2.03. The van der Waals surface area contributed by atoms with Gasteiger partial charge in [0.15, 0.2) is 5.78 Å². The summed E-state index contributed by atoms with van der Waals surface area (Å²) in [6.45, 7) is 1.47. The number of carbonyl (C=O) groups excluding carboxylic acids is 1. The second-order valence-corrected chi connectivity index (χ2v) is 2.72. The van der Waals surface area contributed by atoms with Crippen molar-refractivity contribution in [2.45, 2.75) is 6.92 Å². The topological polar surface area (TPSA) is 43.1 Å². The molecule has 0 saturated carbocycles. The monoisotopic (exact) mass is 205 g/mol. The molecule has 0 aliphatic rings. The Bertz CT molecular complexity index is 299. The zero-order chi connectivity index (χ0) is 8.43. The van der Waals surface area contributed by atoms with E-state index in [1.165, 1.54) is 6.92 Å². The zero-order valence-electron chi connectivity index (χ0n) is 6.50. The fourth-order valence-electron chi connectivity index (χ4n) is 0.854. The van der Waals surface area contributed by atoms with Crippen molar-refractivity contribution in [1.82, 2.24) is 0 Å². The average molecular weight is 206 g/mol. The van der Waals surface area contributed by atoms with Crippen molar-refractivity contribution in [3.05, 3.63) is 28.8 Å². The zero-order valence-corrected chi connectivity index (χ0v) is 8.08. The Balaban J connectivity index is 0.00000121. The number of hydrogen-bond donors (Lipinski definition) is 1. The Kier molecular flexibility index (Phi) is 4.07. The molecule has 0 aliphatic carbocycles. The summed E-state index contributed by atoms with van der Waals surface area (Å²) in [6.07, 6.45) is 0. The molecule has 2 N–H and O–H groups in total. The van der Waals surface area contributed by atoms with Crippen LogP contribution in [0.15, 0.2) is 18.2 Å². The molecule has 4 heteroatoms. The van der Waals surface area contributed by atoms with E-state index in [1.807, 2.05) is 0 Å². The number of carbonyl (C=O) groups is 1. The summed E-state index contributed by atoms with van der Waals surface area (Å²) in [5, 5.41) is 0.549. The number of ketones is 1. The van der Waals surface area contributed by atoms with Crippen molar-refractivity contribution in [2.75, 3.05) is 5.73 Å². The minimum Gasteiger partial charge on any atom is -0.398 e. The minimum absolute atomic E-state index is 0. The molecule has 0 bridgehead atoms. The van der Waals surface area contributed by atoms with Crippen molar-refractivity contribution in [2.24, 2.45) is 0 Å². The van der Waals surface area contributed by atoms with E-state index in [0.29, 0.717) is 16.3 Å². The maximum absolute atomic E-state index is 10.9. The maximum atomic E-state index is 10.9. The van der Waals surface area contributed by atoms with Crippen LogP contribution in [0.3, 0.4) is 0 Å². The lowest BCUT2D eigenvalue weighted by molar-refractivity contribution is 0.101. The second kappa shape index (κ2) is 4.33. The van der Waals surface area contributed by atoms with Crippen LogP contribution in [0.25, 0.3) is 0 Å². The van der Waals surface area contributed by atoms with Crippen LogP contribution in [-0.4, -0.2) is 5.78 Å². The number of rotatable bonds is 1. The van der Waals surface area contributed by atoms with Gasteiger partial charge in [0, 0.05) is 16.3 Å². The summed E-state index contributed by atoms with van der Waals surface area (Å²) in [5.74, 6) is -0.0424. The van der Waals surface area contributed by atoms with Gasteiger partial charge in [-0.3, -0.25) is 4.79 Å². The minimum atomic E-state index is -0.0424. The number of nitrogens with two attached hydrogens (primary N) is 1. The molecule has 0 saturated heterocycles. The van der Waals surface area contributed by atoms with E-state index in [0.717, 1.165) is 0 Å². The summed E-state index contributed by atoms with van der Waals surface area (Å²) >= 11 is 5.63. The molecular formula is C8H9Cl2NO. The van der Waals surface area contributed by atoms with Gasteiger partial charge in [0.25, 0.3) is 0 Å². The molecule has 1 rings (SSSR count). The highest BCUT2D eigenvalue weighted by atomic mass is 35.5. The first-order valence-electron chi connectivity index (χ1n) is 3.17. The van der Waals surface area contributed by atoms with E-state index in [4.69, 9.17) is 17.3 Å². The van der Waals surface area contributed by atoms with Crippen LogP contribution >= 0.6 is 24.0 Å². The molecule has 12 heavy (non-hydrogen) atoms. The van der Waals surface area contributed by atoms with E-state index >= 15 is 0 Å². The molecular weight excluding hydrogens is 197 g/mol. The number of anilines is 1. The van der Waals surface area contributed by atoms with Crippen LogP contribution in [0.4, 0.5) is 5.69 Å². The van der Waals surface area contributed by atoms with Crippen molar-refractivity contribution in [3.63, 3.8) is 0 Å². The second-order valence-electron chi connectivity index (χ2n) is 2.29. The number of hydrogen-bond acceptors (Lipinski definition) is 2. The maximum Gasteiger partial charge on any atom is 0.161 e. The van der Waals surface area contributed by atoms with Gasteiger partial charge in [0.05, 0.1) is 0 Å². The summed E-state index contributed by atoms with van der Waals surface area (Å²) in [4.78, 5) is 10.9. The molecule has 1 aromatic carbocycles. The quantitative estimate of drug-likeness (QED) is 0.566. The number of halogens is 2.